The van der Waals surface area contributed by atoms with Gasteiger partial charge in [-0.15, -0.1) is 0 Å². The van der Waals surface area contributed by atoms with Gasteiger partial charge in [0.05, 0.1) is 5.69 Å². The number of aromatic hydroxyl groups is 2. The third kappa shape index (κ3) is 2.95. The van der Waals surface area contributed by atoms with Crippen LogP contribution in [0.2, 0.25) is 0 Å². The maximum absolute atomic E-state index is 14.7. The van der Waals surface area contributed by atoms with Crippen molar-refractivity contribution in [1.29, 1.82) is 0 Å². The first-order chi connectivity index (χ1) is 16.3. The summed E-state index contributed by atoms with van der Waals surface area (Å²) in [6.45, 7) is 7.42. The molecule has 170 valence electrons. The number of para-hydroxylation sites is 2. The molecular weight excluding hydrogens is 422 g/mol. The van der Waals surface area contributed by atoms with Crippen molar-refractivity contribution < 1.29 is 15.0 Å². The van der Waals surface area contributed by atoms with E-state index in [4.69, 9.17) is 0 Å². The van der Waals surface area contributed by atoms with Gasteiger partial charge in [0.25, 0.3) is 5.91 Å². The van der Waals surface area contributed by atoms with Crippen LogP contribution in [0, 0.1) is 27.7 Å². The molecule has 1 aliphatic rings. The van der Waals surface area contributed by atoms with E-state index in [0.717, 1.165) is 28.1 Å². The molecule has 1 amide bonds. The third-order valence-electron chi connectivity index (χ3n) is 6.94. The molecule has 2 N–H and O–H groups in total. The minimum absolute atomic E-state index is 0.0890. The number of amides is 1. The Balaban J connectivity index is 1.93. The smallest absolute Gasteiger partial charge is 0.251 e. The Bertz CT molecular complexity index is 1340. The molecule has 5 rings (SSSR count). The lowest BCUT2D eigenvalue weighted by molar-refractivity contribution is -0.120. The fourth-order valence-corrected chi connectivity index (χ4v) is 5.28. The summed E-state index contributed by atoms with van der Waals surface area (Å²) in [4.78, 5) is 16.5. The lowest BCUT2D eigenvalue weighted by Crippen LogP contribution is -2.40. The normalized spacial score (nSPS) is 14.4. The number of carbonyl (C=O) groups is 1. The first-order valence-corrected chi connectivity index (χ1v) is 11.4. The van der Waals surface area contributed by atoms with E-state index in [0.29, 0.717) is 22.3 Å². The van der Waals surface area contributed by atoms with Gasteiger partial charge < -0.3 is 10.2 Å². The van der Waals surface area contributed by atoms with E-state index in [-0.39, 0.29) is 17.4 Å². The summed E-state index contributed by atoms with van der Waals surface area (Å²) in [6.07, 6.45) is 0. The number of anilines is 2. The molecule has 0 bridgehead atoms. The van der Waals surface area contributed by atoms with Gasteiger partial charge in [0, 0.05) is 11.3 Å². The van der Waals surface area contributed by atoms with Crippen LogP contribution in [-0.4, -0.2) is 16.1 Å². The van der Waals surface area contributed by atoms with Crippen molar-refractivity contribution in [1.82, 2.24) is 0 Å². The van der Waals surface area contributed by atoms with Crippen LogP contribution in [0.3, 0.4) is 0 Å². The molecule has 1 heterocycles. The number of nitrogens with zero attached hydrogens (tertiary/aromatic N) is 1. The summed E-state index contributed by atoms with van der Waals surface area (Å²) in [5, 5.41) is 21.0. The monoisotopic (exact) mass is 449 g/mol. The maximum Gasteiger partial charge on any atom is 0.251 e. The van der Waals surface area contributed by atoms with Crippen LogP contribution in [-0.2, 0) is 10.2 Å². The summed E-state index contributed by atoms with van der Waals surface area (Å²) in [7, 11) is 0. The van der Waals surface area contributed by atoms with Crippen molar-refractivity contribution in [3.05, 3.63) is 118 Å². The van der Waals surface area contributed by atoms with E-state index in [9.17, 15) is 15.0 Å². The number of hydrogen-bond acceptors (Lipinski definition) is 3. The van der Waals surface area contributed by atoms with Crippen LogP contribution < -0.4 is 4.90 Å². The number of fused-ring (bicyclic) bond motifs is 1. The van der Waals surface area contributed by atoms with Gasteiger partial charge in [-0.05, 0) is 79.3 Å². The molecule has 0 radical (unpaired) electrons. The number of aryl methyl sites for hydroxylation is 4. The predicted molar refractivity (Wildman–Crippen MR) is 135 cm³/mol. The highest BCUT2D eigenvalue weighted by Gasteiger charge is 2.54. The van der Waals surface area contributed by atoms with E-state index in [2.05, 4.69) is 0 Å². The van der Waals surface area contributed by atoms with Gasteiger partial charge in [-0.25, -0.2) is 0 Å². The van der Waals surface area contributed by atoms with E-state index in [1.165, 1.54) is 0 Å². The molecule has 0 unspecified atom stereocenters. The molecule has 4 heteroatoms. The molecular formula is C30H27NO3. The van der Waals surface area contributed by atoms with Gasteiger partial charge in [-0.2, -0.15) is 0 Å². The lowest BCUT2D eigenvalue weighted by atomic mass is 9.69. The zero-order valence-electron chi connectivity index (χ0n) is 19.8. The zero-order chi connectivity index (χ0) is 24.2. The van der Waals surface area contributed by atoms with E-state index >= 15 is 0 Å². The second kappa shape index (κ2) is 7.77. The number of carbonyl (C=O) groups excluding carboxylic acids is 1. The highest BCUT2D eigenvalue weighted by Crippen LogP contribution is 2.54. The van der Waals surface area contributed by atoms with Crippen molar-refractivity contribution in [2.75, 3.05) is 4.90 Å². The largest absolute Gasteiger partial charge is 0.507 e. The zero-order valence-corrected chi connectivity index (χ0v) is 19.8. The number of phenols is 2. The molecule has 0 saturated heterocycles. The second-order valence-corrected chi connectivity index (χ2v) is 9.16. The molecule has 4 aromatic carbocycles. The van der Waals surface area contributed by atoms with Crippen LogP contribution in [0.4, 0.5) is 11.4 Å². The molecule has 34 heavy (non-hydrogen) atoms. The van der Waals surface area contributed by atoms with Crippen molar-refractivity contribution in [3.63, 3.8) is 0 Å². The van der Waals surface area contributed by atoms with E-state index < -0.39 is 5.41 Å². The Kier molecular flexibility index (Phi) is 4.98. The lowest BCUT2D eigenvalue weighted by Gasteiger charge is -2.32. The molecule has 4 aromatic rings. The Hall–Kier alpha value is -4.05. The average Bonchev–Trinajstić information content (AvgIpc) is 3.09. The summed E-state index contributed by atoms with van der Waals surface area (Å²) in [5.74, 6) is 0.375. The van der Waals surface area contributed by atoms with Gasteiger partial charge in [-0.3, -0.25) is 9.69 Å². The Labute approximate surface area is 199 Å². The van der Waals surface area contributed by atoms with Crippen molar-refractivity contribution in [2.24, 2.45) is 0 Å². The first kappa shape index (κ1) is 21.8. The summed E-state index contributed by atoms with van der Waals surface area (Å²) in [6, 6.07) is 25.2. The van der Waals surface area contributed by atoms with E-state index in [1.54, 1.807) is 4.90 Å². The van der Waals surface area contributed by atoms with Crippen LogP contribution >= 0.6 is 0 Å². The third-order valence-corrected chi connectivity index (χ3v) is 6.94. The standard InChI is InChI=1S/C30H27NO3/c1-18-14-22(15-19(2)27(18)32)30(23-16-20(3)28(33)21(4)17-23)25-12-8-9-13-26(25)31(29(30)34)24-10-6-5-7-11-24/h5-17,32-33H,1-4H3. The average molecular weight is 450 g/mol. The van der Waals surface area contributed by atoms with Gasteiger partial charge >= 0.3 is 0 Å². The summed E-state index contributed by atoms with van der Waals surface area (Å²) in [5.41, 5.74) is 5.79. The fourth-order valence-electron chi connectivity index (χ4n) is 5.28. The summed E-state index contributed by atoms with van der Waals surface area (Å²) < 4.78 is 0. The van der Waals surface area contributed by atoms with Crippen molar-refractivity contribution >= 4 is 17.3 Å². The summed E-state index contributed by atoms with van der Waals surface area (Å²) >= 11 is 0. The van der Waals surface area contributed by atoms with Crippen LogP contribution in [0.5, 0.6) is 11.5 Å². The number of phenolic OH excluding ortho intramolecular Hbond substituents is 2. The molecule has 0 aromatic heterocycles. The molecule has 1 aliphatic heterocycles. The van der Waals surface area contributed by atoms with Gasteiger partial charge in [0.2, 0.25) is 0 Å². The maximum atomic E-state index is 14.7. The SMILES string of the molecule is Cc1cc(C2(c3cc(C)c(O)c(C)c3)C(=O)N(c3ccccc3)c3ccccc32)cc(C)c1O. The molecule has 0 fully saturated rings. The minimum atomic E-state index is -1.14. The highest BCUT2D eigenvalue weighted by atomic mass is 16.3. The number of hydrogen-bond donors (Lipinski definition) is 2. The number of benzene rings is 4. The quantitative estimate of drug-likeness (QED) is 0.383. The highest BCUT2D eigenvalue weighted by molar-refractivity contribution is 6.17. The Morgan fingerprint density at radius 1 is 0.647 bits per heavy atom. The van der Waals surface area contributed by atoms with Crippen molar-refractivity contribution in [2.45, 2.75) is 33.1 Å². The molecule has 0 spiro atoms. The van der Waals surface area contributed by atoms with Crippen LogP contribution in [0.1, 0.15) is 38.9 Å². The molecule has 0 saturated carbocycles. The van der Waals surface area contributed by atoms with Crippen molar-refractivity contribution in [3.8, 4) is 11.5 Å². The van der Waals surface area contributed by atoms with Gasteiger partial charge in [0.15, 0.2) is 0 Å². The molecule has 0 atom stereocenters. The van der Waals surface area contributed by atoms with E-state index in [1.807, 2.05) is 107 Å². The second-order valence-electron chi connectivity index (χ2n) is 9.16. The van der Waals surface area contributed by atoms with Gasteiger partial charge in [-0.1, -0.05) is 60.7 Å². The first-order valence-electron chi connectivity index (χ1n) is 11.4. The topological polar surface area (TPSA) is 60.8 Å². The minimum Gasteiger partial charge on any atom is -0.507 e. The van der Waals surface area contributed by atoms with Crippen LogP contribution in [0.15, 0.2) is 78.9 Å². The fraction of sp³-hybridized carbons (Fsp3) is 0.167. The van der Waals surface area contributed by atoms with Crippen LogP contribution in [0.25, 0.3) is 0 Å². The molecule has 0 aliphatic carbocycles. The number of rotatable bonds is 3. The van der Waals surface area contributed by atoms with Gasteiger partial charge in [0.1, 0.15) is 16.9 Å². The predicted octanol–water partition coefficient (Wildman–Crippen LogP) is 6.34. The Morgan fingerprint density at radius 2 is 1.09 bits per heavy atom. The Morgan fingerprint density at radius 3 is 1.59 bits per heavy atom. The molecule has 4 nitrogen and oxygen atoms in total.